The van der Waals surface area contributed by atoms with E-state index in [1.54, 1.807) is 20.7 Å². The van der Waals surface area contributed by atoms with E-state index in [4.69, 9.17) is 5.73 Å². The fourth-order valence-corrected chi connectivity index (χ4v) is 3.39. The van der Waals surface area contributed by atoms with Crippen LogP contribution in [0.15, 0.2) is 12.4 Å². The summed E-state index contributed by atoms with van der Waals surface area (Å²) in [6, 6.07) is 0.120. The van der Waals surface area contributed by atoms with E-state index in [1.807, 2.05) is 13.2 Å². The quantitative estimate of drug-likeness (QED) is 0.850. The maximum Gasteiger partial charge on any atom is 0.246 e. The standard InChI is InChI=1S/C15H23N5O2.ClH/c1-18-9-13(8-17-18)20-6-5-19(10-14(20)21)15(22)11-3-2-4-12(16)7-11;/h8-9,11-12H,2-7,10,16H2,1H3;1H. The van der Waals surface area contributed by atoms with Crippen LogP contribution in [0.2, 0.25) is 0 Å². The molecule has 23 heavy (non-hydrogen) atoms. The summed E-state index contributed by atoms with van der Waals surface area (Å²) < 4.78 is 1.67. The molecule has 1 aliphatic carbocycles. The molecular formula is C15H24ClN5O2. The van der Waals surface area contributed by atoms with Crippen LogP contribution in [-0.4, -0.2) is 52.2 Å². The first-order valence-corrected chi connectivity index (χ1v) is 7.88. The van der Waals surface area contributed by atoms with Crippen molar-refractivity contribution in [3.8, 4) is 0 Å². The number of hydrogen-bond donors (Lipinski definition) is 1. The second-order valence-corrected chi connectivity index (χ2v) is 6.30. The molecule has 7 nitrogen and oxygen atoms in total. The lowest BCUT2D eigenvalue weighted by Gasteiger charge is -2.36. The van der Waals surface area contributed by atoms with E-state index >= 15 is 0 Å². The number of piperazine rings is 1. The number of carbonyl (C=O) groups excluding carboxylic acids is 2. The Morgan fingerprint density at radius 1 is 1.35 bits per heavy atom. The van der Waals surface area contributed by atoms with Crippen molar-refractivity contribution in [2.24, 2.45) is 18.7 Å². The minimum absolute atomic E-state index is 0. The van der Waals surface area contributed by atoms with Crippen molar-refractivity contribution in [3.63, 3.8) is 0 Å². The van der Waals surface area contributed by atoms with Crippen molar-refractivity contribution in [3.05, 3.63) is 12.4 Å². The Bertz CT molecular complexity index is 576. The molecule has 0 aromatic carbocycles. The zero-order valence-electron chi connectivity index (χ0n) is 13.4. The molecule has 1 aromatic heterocycles. The van der Waals surface area contributed by atoms with Gasteiger partial charge < -0.3 is 15.5 Å². The van der Waals surface area contributed by atoms with E-state index in [0.717, 1.165) is 31.4 Å². The predicted molar refractivity (Wildman–Crippen MR) is 89.3 cm³/mol. The molecule has 0 bridgehead atoms. The second kappa shape index (κ2) is 7.31. The van der Waals surface area contributed by atoms with Gasteiger partial charge in [0.1, 0.15) is 6.54 Å². The Balaban J connectivity index is 0.00000192. The molecule has 8 heteroatoms. The molecule has 2 N–H and O–H groups in total. The van der Waals surface area contributed by atoms with Gasteiger partial charge in [-0.15, -0.1) is 12.4 Å². The second-order valence-electron chi connectivity index (χ2n) is 6.30. The third-order valence-electron chi connectivity index (χ3n) is 4.60. The monoisotopic (exact) mass is 341 g/mol. The van der Waals surface area contributed by atoms with Gasteiger partial charge in [0.25, 0.3) is 0 Å². The number of hydrogen-bond acceptors (Lipinski definition) is 4. The zero-order valence-corrected chi connectivity index (χ0v) is 14.2. The molecule has 1 aromatic rings. The first-order valence-electron chi connectivity index (χ1n) is 7.88. The van der Waals surface area contributed by atoms with Crippen molar-refractivity contribution in [1.82, 2.24) is 14.7 Å². The van der Waals surface area contributed by atoms with Crippen molar-refractivity contribution in [1.29, 1.82) is 0 Å². The summed E-state index contributed by atoms with van der Waals surface area (Å²) in [4.78, 5) is 28.3. The van der Waals surface area contributed by atoms with Crippen LogP contribution in [0.4, 0.5) is 5.69 Å². The van der Waals surface area contributed by atoms with Crippen LogP contribution in [0.25, 0.3) is 0 Å². The summed E-state index contributed by atoms with van der Waals surface area (Å²) in [5.74, 6) is 0.0311. The summed E-state index contributed by atoms with van der Waals surface area (Å²) in [6.07, 6.45) is 7.13. The Kier molecular flexibility index (Phi) is 5.64. The van der Waals surface area contributed by atoms with Crippen LogP contribution in [0.3, 0.4) is 0 Å². The van der Waals surface area contributed by atoms with Crippen LogP contribution in [-0.2, 0) is 16.6 Å². The average Bonchev–Trinajstić information content (AvgIpc) is 2.92. The molecule has 0 radical (unpaired) electrons. The summed E-state index contributed by atoms with van der Waals surface area (Å²) >= 11 is 0. The van der Waals surface area contributed by atoms with E-state index in [1.165, 1.54) is 0 Å². The molecule has 1 aliphatic heterocycles. The SMILES string of the molecule is Cl.Cn1cc(N2CCN(C(=O)C3CCCC(N)C3)CC2=O)cn1. The normalized spacial score (nSPS) is 25.2. The molecule has 1 saturated heterocycles. The zero-order chi connectivity index (χ0) is 15.7. The van der Waals surface area contributed by atoms with Gasteiger partial charge in [0.15, 0.2) is 0 Å². The number of aromatic nitrogens is 2. The summed E-state index contributed by atoms with van der Waals surface area (Å²) in [6.45, 7) is 1.25. The number of aryl methyl sites for hydroxylation is 1. The Morgan fingerprint density at radius 2 is 2.13 bits per heavy atom. The Morgan fingerprint density at radius 3 is 2.74 bits per heavy atom. The number of nitrogens with two attached hydrogens (primary N) is 1. The lowest BCUT2D eigenvalue weighted by Crippen LogP contribution is -2.54. The molecule has 128 valence electrons. The highest BCUT2D eigenvalue weighted by Gasteiger charge is 2.33. The molecule has 3 rings (SSSR count). The highest BCUT2D eigenvalue weighted by atomic mass is 35.5. The van der Waals surface area contributed by atoms with E-state index < -0.39 is 0 Å². The van der Waals surface area contributed by atoms with Gasteiger partial charge in [-0.1, -0.05) is 6.42 Å². The summed E-state index contributed by atoms with van der Waals surface area (Å²) in [5, 5.41) is 4.09. The van der Waals surface area contributed by atoms with Crippen LogP contribution in [0.5, 0.6) is 0 Å². The predicted octanol–water partition coefficient (Wildman–Crippen LogP) is 0.535. The lowest BCUT2D eigenvalue weighted by molar-refractivity contribution is -0.141. The van der Waals surface area contributed by atoms with Crippen molar-refractivity contribution >= 4 is 29.9 Å². The van der Waals surface area contributed by atoms with Gasteiger partial charge in [-0.3, -0.25) is 14.3 Å². The van der Waals surface area contributed by atoms with Gasteiger partial charge in [0.05, 0.1) is 11.9 Å². The number of nitrogens with zero attached hydrogens (tertiary/aromatic N) is 4. The largest absolute Gasteiger partial charge is 0.331 e. The van der Waals surface area contributed by atoms with Crippen LogP contribution in [0.1, 0.15) is 25.7 Å². The van der Waals surface area contributed by atoms with Gasteiger partial charge in [0, 0.05) is 38.3 Å². The minimum atomic E-state index is -0.0484. The summed E-state index contributed by atoms with van der Waals surface area (Å²) in [5.41, 5.74) is 6.76. The van der Waals surface area contributed by atoms with Gasteiger partial charge in [0.2, 0.25) is 11.8 Å². The lowest BCUT2D eigenvalue weighted by atomic mass is 9.85. The van der Waals surface area contributed by atoms with Crippen LogP contribution < -0.4 is 10.6 Å². The number of rotatable bonds is 2. The third kappa shape index (κ3) is 3.84. The molecule has 1 saturated carbocycles. The van der Waals surface area contributed by atoms with E-state index in [2.05, 4.69) is 5.10 Å². The number of amides is 2. The first kappa shape index (κ1) is 17.7. The van der Waals surface area contributed by atoms with E-state index in [-0.39, 0.29) is 42.7 Å². The van der Waals surface area contributed by atoms with E-state index in [0.29, 0.717) is 13.1 Å². The van der Waals surface area contributed by atoms with Crippen LogP contribution in [0, 0.1) is 5.92 Å². The minimum Gasteiger partial charge on any atom is -0.331 e. The topological polar surface area (TPSA) is 84.5 Å². The van der Waals surface area contributed by atoms with Gasteiger partial charge in [-0.05, 0) is 19.3 Å². The molecule has 0 spiro atoms. The van der Waals surface area contributed by atoms with Gasteiger partial charge >= 0.3 is 0 Å². The average molecular weight is 342 g/mol. The number of halogens is 1. The molecular weight excluding hydrogens is 318 g/mol. The Labute approximate surface area is 142 Å². The molecule has 2 aliphatic rings. The highest BCUT2D eigenvalue weighted by molar-refractivity contribution is 5.98. The third-order valence-corrected chi connectivity index (χ3v) is 4.60. The molecule has 2 unspecified atom stereocenters. The van der Waals surface area contributed by atoms with Gasteiger partial charge in [-0.2, -0.15) is 5.10 Å². The first-order chi connectivity index (χ1) is 10.5. The van der Waals surface area contributed by atoms with Gasteiger partial charge in [-0.25, -0.2) is 0 Å². The molecule has 2 atom stereocenters. The van der Waals surface area contributed by atoms with Crippen LogP contribution >= 0.6 is 12.4 Å². The smallest absolute Gasteiger partial charge is 0.246 e. The number of anilines is 1. The fourth-order valence-electron chi connectivity index (χ4n) is 3.39. The molecule has 2 amide bonds. The van der Waals surface area contributed by atoms with Crippen molar-refractivity contribution in [2.45, 2.75) is 31.7 Å². The van der Waals surface area contributed by atoms with Crippen molar-refractivity contribution < 1.29 is 9.59 Å². The number of carbonyl (C=O) groups is 2. The maximum atomic E-state index is 12.6. The Hall–Kier alpha value is -1.60. The highest BCUT2D eigenvalue weighted by Crippen LogP contribution is 2.26. The maximum absolute atomic E-state index is 12.6. The fraction of sp³-hybridized carbons (Fsp3) is 0.667. The van der Waals surface area contributed by atoms with Crippen molar-refractivity contribution in [2.75, 3.05) is 24.5 Å². The molecule has 2 fully saturated rings. The summed E-state index contributed by atoms with van der Waals surface area (Å²) in [7, 11) is 1.82. The molecule has 2 heterocycles. The van der Waals surface area contributed by atoms with E-state index in [9.17, 15) is 9.59 Å².